The molecule has 1 aromatic carbocycles. The van der Waals surface area contributed by atoms with Crippen molar-refractivity contribution in [2.75, 3.05) is 0 Å². The maximum atomic E-state index is 12.2. The van der Waals surface area contributed by atoms with Crippen LogP contribution in [0.1, 0.15) is 20.8 Å². The minimum Gasteiger partial charge on any atom is -0.288 e. The van der Waals surface area contributed by atoms with Crippen LogP contribution in [0.15, 0.2) is 32.5 Å². The first-order valence-electron chi connectivity index (χ1n) is 4.74. The van der Waals surface area contributed by atoms with Crippen molar-refractivity contribution in [3.63, 3.8) is 0 Å². The molecule has 17 heavy (non-hydrogen) atoms. The Balaban J connectivity index is 2.40. The molecule has 0 radical (unpaired) electrons. The molecule has 5 heteroatoms. The average Bonchev–Trinajstić information content (AvgIpc) is 2.62. The Morgan fingerprint density at radius 1 is 1.29 bits per heavy atom. The van der Waals surface area contributed by atoms with Crippen LogP contribution >= 0.6 is 54.8 Å². The molecule has 0 fully saturated rings. The summed E-state index contributed by atoms with van der Waals surface area (Å²) in [6, 6.07) is 7.11. The molecule has 2 aromatic rings. The van der Waals surface area contributed by atoms with E-state index in [1.807, 2.05) is 13.0 Å². The summed E-state index contributed by atoms with van der Waals surface area (Å²) in [4.78, 5) is 12.9. The Morgan fingerprint density at radius 3 is 2.53 bits per heavy atom. The SMILES string of the molecule is Cc1cc(C(=O)c2ccc(Br)c(Cl)c2)sc1Br. The second kappa shape index (κ2) is 5.22. The highest BCUT2D eigenvalue weighted by molar-refractivity contribution is 9.11. The molecule has 2 rings (SSSR count). The molecular weight excluding hydrogens is 387 g/mol. The number of carbonyl (C=O) groups excluding carboxylic acids is 1. The minimum absolute atomic E-state index is 0.00167. The van der Waals surface area contributed by atoms with Gasteiger partial charge in [-0.25, -0.2) is 0 Å². The Labute approximate surface area is 125 Å². The summed E-state index contributed by atoms with van der Waals surface area (Å²) >= 11 is 14.1. The topological polar surface area (TPSA) is 17.1 Å². The Bertz CT molecular complexity index is 573. The molecule has 0 atom stereocenters. The van der Waals surface area contributed by atoms with Gasteiger partial charge in [0.2, 0.25) is 5.78 Å². The van der Waals surface area contributed by atoms with E-state index in [4.69, 9.17) is 11.6 Å². The molecule has 0 saturated carbocycles. The quantitative estimate of drug-likeness (QED) is 0.618. The van der Waals surface area contributed by atoms with E-state index in [1.54, 1.807) is 18.2 Å². The zero-order valence-corrected chi connectivity index (χ0v) is 13.5. The lowest BCUT2D eigenvalue weighted by atomic mass is 10.1. The Morgan fingerprint density at radius 2 is 2.00 bits per heavy atom. The van der Waals surface area contributed by atoms with Crippen molar-refractivity contribution in [1.82, 2.24) is 0 Å². The Hall–Kier alpha value is -0.160. The molecule has 0 spiro atoms. The van der Waals surface area contributed by atoms with E-state index >= 15 is 0 Å². The Kier molecular flexibility index (Phi) is 4.08. The van der Waals surface area contributed by atoms with E-state index in [9.17, 15) is 4.79 Å². The van der Waals surface area contributed by atoms with Crippen molar-refractivity contribution in [1.29, 1.82) is 0 Å². The minimum atomic E-state index is -0.00167. The van der Waals surface area contributed by atoms with E-state index < -0.39 is 0 Å². The third-order valence-corrected chi connectivity index (χ3v) is 5.63. The maximum absolute atomic E-state index is 12.2. The van der Waals surface area contributed by atoms with Crippen molar-refractivity contribution in [2.45, 2.75) is 6.92 Å². The van der Waals surface area contributed by atoms with Gasteiger partial charge in [-0.15, -0.1) is 11.3 Å². The summed E-state index contributed by atoms with van der Waals surface area (Å²) in [6.45, 7) is 1.96. The fourth-order valence-corrected chi connectivity index (χ4v) is 3.28. The van der Waals surface area contributed by atoms with Crippen LogP contribution in [-0.4, -0.2) is 5.78 Å². The number of hydrogen-bond acceptors (Lipinski definition) is 2. The number of halogens is 3. The van der Waals surface area contributed by atoms with Crippen LogP contribution in [-0.2, 0) is 0 Å². The molecule has 0 amide bonds. The zero-order chi connectivity index (χ0) is 12.6. The van der Waals surface area contributed by atoms with Crippen molar-refractivity contribution in [3.8, 4) is 0 Å². The van der Waals surface area contributed by atoms with Crippen LogP contribution in [0.25, 0.3) is 0 Å². The summed E-state index contributed by atoms with van der Waals surface area (Å²) in [5.41, 5.74) is 1.67. The first-order valence-corrected chi connectivity index (χ1v) is 7.53. The van der Waals surface area contributed by atoms with E-state index in [-0.39, 0.29) is 5.78 Å². The van der Waals surface area contributed by atoms with Crippen LogP contribution < -0.4 is 0 Å². The molecule has 1 aromatic heterocycles. The summed E-state index contributed by atoms with van der Waals surface area (Å²) in [7, 11) is 0. The monoisotopic (exact) mass is 392 g/mol. The molecule has 1 nitrogen and oxygen atoms in total. The molecule has 0 N–H and O–H groups in total. The van der Waals surface area contributed by atoms with Crippen molar-refractivity contribution in [3.05, 3.63) is 53.6 Å². The molecule has 88 valence electrons. The molecule has 0 bridgehead atoms. The second-order valence-electron chi connectivity index (χ2n) is 3.53. The van der Waals surface area contributed by atoms with Gasteiger partial charge in [0, 0.05) is 10.0 Å². The summed E-state index contributed by atoms with van der Waals surface area (Å²) in [6.07, 6.45) is 0. The summed E-state index contributed by atoms with van der Waals surface area (Å²) in [5, 5.41) is 0.545. The summed E-state index contributed by atoms with van der Waals surface area (Å²) < 4.78 is 1.78. The number of hydrogen-bond donors (Lipinski definition) is 0. The van der Waals surface area contributed by atoms with Crippen LogP contribution in [0.2, 0.25) is 5.02 Å². The predicted octanol–water partition coefficient (Wildman–Crippen LogP) is 5.47. The van der Waals surface area contributed by atoms with Gasteiger partial charge in [-0.2, -0.15) is 0 Å². The average molecular weight is 395 g/mol. The van der Waals surface area contributed by atoms with Gasteiger partial charge in [0.15, 0.2) is 0 Å². The molecule has 1 heterocycles. The van der Waals surface area contributed by atoms with Crippen molar-refractivity contribution < 1.29 is 4.79 Å². The molecular formula is C12H7Br2ClOS. The zero-order valence-electron chi connectivity index (χ0n) is 8.76. The number of rotatable bonds is 2. The number of benzene rings is 1. The molecule has 0 saturated heterocycles. The highest BCUT2D eigenvalue weighted by Gasteiger charge is 2.14. The van der Waals surface area contributed by atoms with Gasteiger partial charge in [0.05, 0.1) is 13.7 Å². The number of ketones is 1. The molecule has 0 aliphatic rings. The molecule has 0 unspecified atom stereocenters. The standard InChI is InChI=1S/C12H7Br2ClOS/c1-6-4-10(17-12(6)14)11(16)7-2-3-8(13)9(15)5-7/h2-5H,1H3. The fraction of sp³-hybridized carbons (Fsp3) is 0.0833. The second-order valence-corrected chi connectivity index (χ2v) is 7.16. The van der Waals surface area contributed by atoms with Gasteiger partial charge >= 0.3 is 0 Å². The summed E-state index contributed by atoms with van der Waals surface area (Å²) in [5.74, 6) is -0.00167. The first kappa shape index (κ1) is 13.3. The van der Waals surface area contributed by atoms with Gasteiger partial charge in [-0.1, -0.05) is 11.6 Å². The van der Waals surface area contributed by atoms with Crippen LogP contribution in [0, 0.1) is 6.92 Å². The predicted molar refractivity (Wildman–Crippen MR) is 79.3 cm³/mol. The molecule has 0 aliphatic heterocycles. The largest absolute Gasteiger partial charge is 0.288 e. The van der Waals surface area contributed by atoms with Crippen LogP contribution in [0.5, 0.6) is 0 Å². The number of aryl methyl sites for hydroxylation is 1. The van der Waals surface area contributed by atoms with Crippen LogP contribution in [0.3, 0.4) is 0 Å². The van der Waals surface area contributed by atoms with E-state index in [0.29, 0.717) is 15.5 Å². The third-order valence-electron chi connectivity index (χ3n) is 2.26. The maximum Gasteiger partial charge on any atom is 0.203 e. The third kappa shape index (κ3) is 2.81. The van der Waals surface area contributed by atoms with E-state index in [1.165, 1.54) is 11.3 Å². The highest BCUT2D eigenvalue weighted by Crippen LogP contribution is 2.30. The number of thiophene rings is 1. The van der Waals surface area contributed by atoms with Gasteiger partial charge in [0.1, 0.15) is 0 Å². The van der Waals surface area contributed by atoms with Gasteiger partial charge in [-0.05, 0) is 68.6 Å². The van der Waals surface area contributed by atoms with Crippen LogP contribution in [0.4, 0.5) is 0 Å². The van der Waals surface area contributed by atoms with Gasteiger partial charge in [-0.3, -0.25) is 4.79 Å². The van der Waals surface area contributed by atoms with Gasteiger partial charge < -0.3 is 0 Å². The normalized spacial score (nSPS) is 10.6. The smallest absolute Gasteiger partial charge is 0.203 e. The van der Waals surface area contributed by atoms with E-state index in [0.717, 1.165) is 13.8 Å². The van der Waals surface area contributed by atoms with Crippen molar-refractivity contribution in [2.24, 2.45) is 0 Å². The van der Waals surface area contributed by atoms with E-state index in [2.05, 4.69) is 31.9 Å². The fourth-order valence-electron chi connectivity index (χ4n) is 1.35. The first-order chi connectivity index (χ1) is 7.99. The lowest BCUT2D eigenvalue weighted by Crippen LogP contribution is -1.98. The lowest BCUT2D eigenvalue weighted by molar-refractivity contribution is 0.104. The lowest BCUT2D eigenvalue weighted by Gasteiger charge is -2.00. The highest BCUT2D eigenvalue weighted by atomic mass is 79.9. The number of carbonyl (C=O) groups is 1. The molecule has 0 aliphatic carbocycles. The van der Waals surface area contributed by atoms with Gasteiger partial charge in [0.25, 0.3) is 0 Å². The van der Waals surface area contributed by atoms with Crippen molar-refractivity contribution >= 4 is 60.6 Å².